The van der Waals surface area contributed by atoms with E-state index in [4.69, 9.17) is 18.9 Å². The molecule has 0 amide bonds. The third kappa shape index (κ3) is 8.44. The van der Waals surface area contributed by atoms with Crippen molar-refractivity contribution in [2.45, 2.75) is 174 Å². The normalized spacial score (nSPS) is 50.0. The summed E-state index contributed by atoms with van der Waals surface area (Å²) >= 11 is 0. The molecular weight excluding hydrogens is 829 g/mol. The van der Waals surface area contributed by atoms with Crippen LogP contribution in [-0.2, 0) is 38.1 Å². The summed E-state index contributed by atoms with van der Waals surface area (Å²) in [6.07, 6.45) is -12.2. The topological polar surface area (TPSA) is 267 Å². The van der Waals surface area contributed by atoms with Crippen LogP contribution in [0, 0.1) is 50.2 Å². The first-order valence-electron chi connectivity index (χ1n) is 20.7. The number of fused-ring (bicyclic) bond motifs is 7. The van der Waals surface area contributed by atoms with Crippen LogP contribution in [0.25, 0.3) is 0 Å². The Morgan fingerprint density at radius 2 is 1.23 bits per heavy atom. The number of aliphatic hydroxyl groups is 5. The molecule has 0 aromatic rings. The SMILES string of the molecule is CC1(C)[C@@H](O[C@H]2O[C@H](C(=O)O)[C@@H](O)[C@H](O)[C@H]2O[C@@H]2O[C@H](C(=O)O)[C@@H](O)[C@H](O)[C@H]2O)CC[C@]2(C)[C@H]3C(=O)C=C4[C@@H]5C[C@@](C)(C(=O)O)CC[C@]5(C)CC[C@@]4(C)[C@]3(C)CC[C@@H]12.[NaH].[NaH].[NaH]. The number of aliphatic hydroxyl groups excluding tert-OH is 5. The molecule has 0 spiro atoms. The van der Waals surface area contributed by atoms with Gasteiger partial charge >= 0.3 is 107 Å². The van der Waals surface area contributed by atoms with Gasteiger partial charge in [-0.1, -0.05) is 47.1 Å². The Hall–Kier alpha value is 0.460. The standard InChI is InChI=1S/C42H62O16.3Na.3H/c1-37(2)21-8-11-42(7)31(20(43)16-18-19-17-39(4,36(53)54)13-12-38(19,3)14-15-41(18,42)6)40(21,5)10-9-22(37)55-35-30(26(47)25(46)29(57-35)33(51)52)58-34-27(48)23(44)24(45)28(56-34)32(49)50;;;;;;/h16,19,21-31,34-35,44-48H,8-15,17H2,1-7H3,(H,49,50)(H,51,52)(H,53,54);;;;;;/t19-,21-,22-,23-,24-,25-,26-,27+,28-,29-,30+,31+,34-,35-,38+,39-,40-,41+,42+;;;;;;/m0....../s1. The summed E-state index contributed by atoms with van der Waals surface area (Å²) in [5.74, 6) is -4.47. The van der Waals surface area contributed by atoms with E-state index in [-0.39, 0.29) is 123 Å². The molecule has 7 rings (SSSR count). The predicted octanol–water partition coefficient (Wildman–Crippen LogP) is 0.300. The quantitative estimate of drug-likeness (QED) is 0.126. The summed E-state index contributed by atoms with van der Waals surface area (Å²) in [5, 5.41) is 83.0. The first-order valence-corrected chi connectivity index (χ1v) is 20.7. The van der Waals surface area contributed by atoms with Crippen LogP contribution in [-0.4, -0.2) is 221 Å². The van der Waals surface area contributed by atoms with E-state index in [0.29, 0.717) is 25.7 Å². The second-order valence-electron chi connectivity index (χ2n) is 20.6. The van der Waals surface area contributed by atoms with Gasteiger partial charge in [-0.3, -0.25) is 9.59 Å². The molecule has 0 radical (unpaired) electrons. The summed E-state index contributed by atoms with van der Waals surface area (Å²) in [6, 6.07) is 0. The maximum atomic E-state index is 14.8. The number of ketones is 1. The fourth-order valence-electron chi connectivity index (χ4n) is 13.4. The van der Waals surface area contributed by atoms with Gasteiger partial charge in [0.05, 0.1) is 11.5 Å². The predicted molar refractivity (Wildman–Crippen MR) is 221 cm³/mol. The summed E-state index contributed by atoms with van der Waals surface area (Å²) in [6.45, 7) is 14.8. The molecule has 332 valence electrons. The number of carbonyl (C=O) groups is 4. The maximum absolute atomic E-state index is 14.8. The second-order valence-corrected chi connectivity index (χ2v) is 20.6. The third-order valence-corrected chi connectivity index (χ3v) is 17.2. The zero-order valence-corrected chi connectivity index (χ0v) is 34.4. The summed E-state index contributed by atoms with van der Waals surface area (Å²) < 4.78 is 23.4. The minimum absolute atomic E-state index is 0. The second kappa shape index (κ2) is 18.5. The van der Waals surface area contributed by atoms with Crippen LogP contribution in [0.5, 0.6) is 0 Å². The van der Waals surface area contributed by atoms with Crippen molar-refractivity contribution in [1.29, 1.82) is 0 Å². The van der Waals surface area contributed by atoms with Crippen LogP contribution in [0.3, 0.4) is 0 Å². The Morgan fingerprint density at radius 1 is 0.672 bits per heavy atom. The van der Waals surface area contributed by atoms with E-state index in [1.165, 1.54) is 0 Å². The number of carboxylic acid groups (broad SMARTS) is 3. The number of aliphatic carboxylic acids is 3. The van der Waals surface area contributed by atoms with Gasteiger partial charge in [0, 0.05) is 5.92 Å². The number of carbonyl (C=O) groups excluding carboxylic acids is 1. The molecule has 19 atom stereocenters. The minimum atomic E-state index is -2.05. The van der Waals surface area contributed by atoms with Gasteiger partial charge in [-0.25, -0.2) is 9.59 Å². The van der Waals surface area contributed by atoms with E-state index < -0.39 is 107 Å². The van der Waals surface area contributed by atoms with Crippen LogP contribution in [0.2, 0.25) is 0 Å². The van der Waals surface area contributed by atoms with E-state index in [9.17, 15) is 60.0 Å². The van der Waals surface area contributed by atoms with Crippen LogP contribution < -0.4 is 0 Å². The van der Waals surface area contributed by atoms with Crippen molar-refractivity contribution in [1.82, 2.24) is 0 Å². The average Bonchev–Trinajstić information content (AvgIpc) is 3.13. The molecule has 6 fully saturated rings. The molecule has 19 heteroatoms. The zero-order valence-electron chi connectivity index (χ0n) is 34.4. The Kier molecular flexibility index (Phi) is 16.4. The molecule has 0 aromatic heterocycles. The molecule has 4 saturated carbocycles. The van der Waals surface area contributed by atoms with Crippen molar-refractivity contribution in [3.05, 3.63) is 11.6 Å². The number of hydrogen-bond acceptors (Lipinski definition) is 13. The van der Waals surface area contributed by atoms with Crippen molar-refractivity contribution in [2.75, 3.05) is 0 Å². The van der Waals surface area contributed by atoms with Crippen molar-refractivity contribution in [3.8, 4) is 0 Å². The van der Waals surface area contributed by atoms with Crippen molar-refractivity contribution < 1.29 is 79.0 Å². The van der Waals surface area contributed by atoms with Crippen LogP contribution in [0.15, 0.2) is 11.6 Å². The van der Waals surface area contributed by atoms with Gasteiger partial charge in [0.15, 0.2) is 30.6 Å². The van der Waals surface area contributed by atoms with Crippen LogP contribution in [0.1, 0.15) is 106 Å². The van der Waals surface area contributed by atoms with E-state index >= 15 is 0 Å². The van der Waals surface area contributed by atoms with E-state index in [2.05, 4.69) is 27.7 Å². The van der Waals surface area contributed by atoms with Crippen molar-refractivity contribution in [2.24, 2.45) is 50.2 Å². The number of carboxylic acids is 3. The number of rotatable bonds is 7. The molecule has 0 aromatic carbocycles. The van der Waals surface area contributed by atoms with Gasteiger partial charge in [-0.05, 0) is 110 Å². The van der Waals surface area contributed by atoms with Crippen molar-refractivity contribution >= 4 is 112 Å². The van der Waals surface area contributed by atoms with Gasteiger partial charge in [0.25, 0.3) is 0 Å². The Balaban J connectivity index is 0.00000273. The van der Waals surface area contributed by atoms with Gasteiger partial charge in [-0.15, -0.1) is 0 Å². The number of hydrogen-bond donors (Lipinski definition) is 8. The molecule has 61 heavy (non-hydrogen) atoms. The Morgan fingerprint density at radius 3 is 1.80 bits per heavy atom. The molecule has 2 heterocycles. The first-order chi connectivity index (χ1) is 26.8. The zero-order chi connectivity index (χ0) is 42.9. The van der Waals surface area contributed by atoms with Crippen LogP contribution in [0.4, 0.5) is 0 Å². The fraction of sp³-hybridized carbons (Fsp3) is 0.857. The van der Waals surface area contributed by atoms with Crippen LogP contribution >= 0.6 is 0 Å². The number of allylic oxidation sites excluding steroid dienone is 2. The molecule has 16 nitrogen and oxygen atoms in total. The van der Waals surface area contributed by atoms with E-state index in [0.717, 1.165) is 37.7 Å². The average molecular weight is 895 g/mol. The van der Waals surface area contributed by atoms with Gasteiger partial charge in [-0.2, -0.15) is 0 Å². The van der Waals surface area contributed by atoms with E-state index in [1.807, 2.05) is 26.8 Å². The molecule has 8 N–H and O–H groups in total. The Bertz CT molecular complexity index is 1750. The fourth-order valence-corrected chi connectivity index (χ4v) is 13.4. The molecule has 5 aliphatic carbocycles. The molecule has 0 bridgehead atoms. The molecule has 7 aliphatic rings. The summed E-state index contributed by atoms with van der Waals surface area (Å²) in [7, 11) is 0. The Labute approximate surface area is 423 Å². The first kappa shape index (κ1) is 54.1. The summed E-state index contributed by atoms with van der Waals surface area (Å²) in [5.41, 5.74) is -1.81. The molecular formula is C42H65Na3O16. The third-order valence-electron chi connectivity index (χ3n) is 17.2. The van der Waals surface area contributed by atoms with E-state index in [1.54, 1.807) is 0 Å². The van der Waals surface area contributed by atoms with Gasteiger partial charge < -0.3 is 59.8 Å². The summed E-state index contributed by atoms with van der Waals surface area (Å²) in [4.78, 5) is 51.3. The molecule has 0 unspecified atom stereocenters. The monoisotopic (exact) mass is 894 g/mol. The number of ether oxygens (including phenoxy) is 4. The molecule has 2 saturated heterocycles. The van der Waals surface area contributed by atoms with Crippen molar-refractivity contribution in [3.63, 3.8) is 0 Å². The van der Waals surface area contributed by atoms with Gasteiger partial charge in [0.2, 0.25) is 0 Å². The molecule has 2 aliphatic heterocycles. The van der Waals surface area contributed by atoms with Gasteiger partial charge in [0.1, 0.15) is 36.6 Å².